The zero-order chi connectivity index (χ0) is 28.4. The molecule has 2 amide bonds. The molecule has 4 rings (SSSR count). The van der Waals surface area contributed by atoms with Crippen LogP contribution in [0.5, 0.6) is 5.75 Å². The summed E-state index contributed by atoms with van der Waals surface area (Å²) in [7, 11) is -3.79. The van der Waals surface area contributed by atoms with Gasteiger partial charge in [0.25, 0.3) is 5.91 Å². The van der Waals surface area contributed by atoms with E-state index in [0.29, 0.717) is 12.0 Å². The molecule has 0 aliphatic carbocycles. The third-order valence-corrected chi connectivity index (χ3v) is 8.21. The Balaban J connectivity index is 1.43. The van der Waals surface area contributed by atoms with Gasteiger partial charge in [0.05, 0.1) is 0 Å². The number of sulfonamides is 1. The first-order valence-corrected chi connectivity index (χ1v) is 13.6. The van der Waals surface area contributed by atoms with Gasteiger partial charge in [-0.05, 0) is 61.1 Å². The minimum atomic E-state index is -4.86. The van der Waals surface area contributed by atoms with Gasteiger partial charge in [0.2, 0.25) is 15.9 Å². The topological polar surface area (TPSA) is 131 Å². The predicted molar refractivity (Wildman–Crippen MR) is 138 cm³/mol. The number of carbonyl (C=O) groups excluding carboxylic acids is 2. The molecule has 1 saturated heterocycles. The summed E-state index contributed by atoms with van der Waals surface area (Å²) >= 11 is 0. The van der Waals surface area contributed by atoms with Crippen molar-refractivity contribution < 1.29 is 35.9 Å². The van der Waals surface area contributed by atoms with Crippen molar-refractivity contribution in [3.8, 4) is 5.75 Å². The van der Waals surface area contributed by atoms with E-state index in [-0.39, 0.29) is 43.8 Å². The molecule has 9 nitrogen and oxygen atoms in total. The van der Waals surface area contributed by atoms with Crippen LogP contribution in [-0.2, 0) is 26.0 Å². The lowest BCUT2D eigenvalue weighted by molar-refractivity contribution is -0.274. The number of carbonyl (C=O) groups is 2. The van der Waals surface area contributed by atoms with E-state index in [1.165, 1.54) is 22.5 Å². The Morgan fingerprint density at radius 1 is 1.21 bits per heavy atom. The highest BCUT2D eigenvalue weighted by Gasteiger charge is 2.47. The molecule has 0 radical (unpaired) electrons. The van der Waals surface area contributed by atoms with Crippen LogP contribution in [0.3, 0.4) is 0 Å². The van der Waals surface area contributed by atoms with E-state index in [9.17, 15) is 31.2 Å². The molecule has 0 unspecified atom stereocenters. The molecule has 0 aromatic heterocycles. The molecule has 2 aromatic rings. The van der Waals surface area contributed by atoms with Crippen molar-refractivity contribution in [3.63, 3.8) is 0 Å². The summed E-state index contributed by atoms with van der Waals surface area (Å²) in [5.41, 5.74) is 6.70. The lowest BCUT2D eigenvalue weighted by Gasteiger charge is -2.34. The standard InChI is InChI=1S/C26H27F3N4O5S/c1-17-15-18(6-8-22(30)34)5-7-19(17)9-14-39(36,37)33-12-10-25(11-13-33)24(35)31-23(32-25)20-3-2-4-21(16-20)38-26(27,28)29/h2-5,7,9,14-16H,6,8,10-13H2,1H3,(H2,30,34)(H,31,32,35)/b14-9+. The number of nitrogens with one attached hydrogen (secondary N) is 1. The predicted octanol–water partition coefficient (Wildman–Crippen LogP) is 3.02. The fourth-order valence-electron chi connectivity index (χ4n) is 4.54. The molecule has 2 aliphatic heterocycles. The number of nitrogens with zero attached hydrogens (tertiary/aromatic N) is 2. The number of amides is 2. The van der Waals surface area contributed by atoms with Gasteiger partial charge >= 0.3 is 6.36 Å². The molecule has 13 heteroatoms. The SMILES string of the molecule is Cc1cc(CCC(N)=O)ccc1/C=C/S(=O)(=O)N1CCC2(CC1)N=C(c1cccc(OC(F)(F)F)c1)NC2=O. The number of amidine groups is 1. The van der Waals surface area contributed by atoms with Crippen LogP contribution in [0.25, 0.3) is 6.08 Å². The first-order valence-electron chi connectivity index (χ1n) is 12.1. The number of benzene rings is 2. The highest BCUT2D eigenvalue weighted by atomic mass is 32.2. The lowest BCUT2D eigenvalue weighted by Crippen LogP contribution is -2.50. The van der Waals surface area contributed by atoms with Crippen molar-refractivity contribution in [1.29, 1.82) is 0 Å². The number of nitrogens with two attached hydrogens (primary N) is 1. The van der Waals surface area contributed by atoms with Crippen molar-refractivity contribution in [2.45, 2.75) is 44.5 Å². The minimum Gasteiger partial charge on any atom is -0.406 e. The van der Waals surface area contributed by atoms with Gasteiger partial charge in [-0.15, -0.1) is 13.2 Å². The Morgan fingerprint density at radius 3 is 2.56 bits per heavy atom. The van der Waals surface area contributed by atoms with E-state index in [2.05, 4.69) is 15.0 Å². The maximum Gasteiger partial charge on any atom is 0.573 e. The van der Waals surface area contributed by atoms with E-state index in [4.69, 9.17) is 5.73 Å². The second kappa shape index (κ2) is 10.8. The Bertz CT molecular complexity index is 1450. The van der Waals surface area contributed by atoms with Crippen molar-refractivity contribution in [1.82, 2.24) is 9.62 Å². The van der Waals surface area contributed by atoms with E-state index < -0.39 is 39.5 Å². The normalized spacial score (nSPS) is 17.8. The maximum absolute atomic E-state index is 13.0. The monoisotopic (exact) mass is 564 g/mol. The fraction of sp³-hybridized carbons (Fsp3) is 0.346. The van der Waals surface area contributed by atoms with E-state index in [1.54, 1.807) is 6.07 Å². The highest BCUT2D eigenvalue weighted by Crippen LogP contribution is 2.33. The van der Waals surface area contributed by atoms with Crippen LogP contribution >= 0.6 is 0 Å². The summed E-state index contributed by atoms with van der Waals surface area (Å²) in [5.74, 6) is -1.16. The molecule has 0 saturated carbocycles. The second-order valence-corrected chi connectivity index (χ2v) is 11.2. The van der Waals surface area contributed by atoms with Gasteiger partial charge in [0.15, 0.2) is 0 Å². The number of alkyl halides is 3. The van der Waals surface area contributed by atoms with Crippen LogP contribution in [0.1, 0.15) is 41.5 Å². The van der Waals surface area contributed by atoms with Crippen molar-refractivity contribution in [2.75, 3.05) is 13.1 Å². The third-order valence-electron chi connectivity index (χ3n) is 6.64. The number of ether oxygens (including phenoxy) is 1. The molecular formula is C26H27F3N4O5S. The van der Waals surface area contributed by atoms with Gasteiger partial charge in [0.1, 0.15) is 17.1 Å². The summed E-state index contributed by atoms with van der Waals surface area (Å²) in [6, 6.07) is 10.6. The zero-order valence-electron chi connectivity index (χ0n) is 21.0. The number of piperidine rings is 1. The minimum absolute atomic E-state index is 0.0408. The van der Waals surface area contributed by atoms with E-state index >= 15 is 0 Å². The number of hydrogen-bond acceptors (Lipinski definition) is 6. The Labute approximate surface area is 223 Å². The molecular weight excluding hydrogens is 537 g/mol. The van der Waals surface area contributed by atoms with Crippen LogP contribution in [0.4, 0.5) is 13.2 Å². The van der Waals surface area contributed by atoms with Gasteiger partial charge in [0, 0.05) is 30.5 Å². The Hall–Kier alpha value is -3.71. The first-order chi connectivity index (χ1) is 18.3. The third kappa shape index (κ3) is 6.84. The van der Waals surface area contributed by atoms with Gasteiger partial charge in [-0.2, -0.15) is 4.31 Å². The molecule has 3 N–H and O–H groups in total. The summed E-state index contributed by atoms with van der Waals surface area (Å²) in [4.78, 5) is 28.3. The van der Waals surface area contributed by atoms with Crippen molar-refractivity contribution in [2.24, 2.45) is 10.7 Å². The summed E-state index contributed by atoms with van der Waals surface area (Å²) in [6.07, 6.45) is -2.41. The smallest absolute Gasteiger partial charge is 0.406 e. The average Bonchev–Trinajstić information content (AvgIpc) is 3.17. The quantitative estimate of drug-likeness (QED) is 0.509. The number of aliphatic imine (C=N–C) groups is 1. The molecule has 2 aromatic carbocycles. The fourth-order valence-corrected chi connectivity index (χ4v) is 5.72. The van der Waals surface area contributed by atoms with Gasteiger partial charge in [-0.3, -0.25) is 14.6 Å². The number of aryl methyl sites for hydroxylation is 2. The molecule has 208 valence electrons. The maximum atomic E-state index is 13.0. The van der Waals surface area contributed by atoms with Crippen LogP contribution in [0, 0.1) is 6.92 Å². The van der Waals surface area contributed by atoms with Crippen LogP contribution in [-0.4, -0.2) is 55.4 Å². The molecule has 1 fully saturated rings. The second-order valence-electron chi connectivity index (χ2n) is 9.43. The van der Waals surface area contributed by atoms with Crippen LogP contribution in [0.2, 0.25) is 0 Å². The summed E-state index contributed by atoms with van der Waals surface area (Å²) < 4.78 is 68.9. The lowest BCUT2D eigenvalue weighted by atomic mass is 9.89. The first kappa shape index (κ1) is 28.3. The number of hydrogen-bond donors (Lipinski definition) is 2. The van der Waals surface area contributed by atoms with Crippen molar-refractivity contribution in [3.05, 3.63) is 70.1 Å². The molecule has 1 spiro atoms. The van der Waals surface area contributed by atoms with Crippen LogP contribution < -0.4 is 15.8 Å². The molecule has 0 atom stereocenters. The van der Waals surface area contributed by atoms with Crippen molar-refractivity contribution >= 4 is 33.7 Å². The van der Waals surface area contributed by atoms with Gasteiger partial charge in [-0.25, -0.2) is 8.42 Å². The number of primary amides is 1. The average molecular weight is 565 g/mol. The largest absolute Gasteiger partial charge is 0.573 e. The van der Waals surface area contributed by atoms with Gasteiger partial charge in [-0.1, -0.05) is 30.3 Å². The Morgan fingerprint density at radius 2 is 1.92 bits per heavy atom. The van der Waals surface area contributed by atoms with E-state index in [0.717, 1.165) is 28.7 Å². The Kier molecular flexibility index (Phi) is 7.84. The summed E-state index contributed by atoms with van der Waals surface area (Å²) in [6.45, 7) is 1.92. The van der Waals surface area contributed by atoms with E-state index in [1.807, 2.05) is 19.1 Å². The number of rotatable bonds is 8. The highest BCUT2D eigenvalue weighted by molar-refractivity contribution is 7.92. The van der Waals surface area contributed by atoms with Gasteiger partial charge < -0.3 is 15.8 Å². The molecule has 2 heterocycles. The summed E-state index contributed by atoms with van der Waals surface area (Å²) in [5, 5.41) is 3.73. The molecule has 39 heavy (non-hydrogen) atoms. The molecule has 2 aliphatic rings. The number of halogens is 3. The molecule has 0 bridgehead atoms. The zero-order valence-corrected chi connectivity index (χ0v) is 21.8. The van der Waals surface area contributed by atoms with Crippen LogP contribution in [0.15, 0.2) is 52.9 Å².